The summed E-state index contributed by atoms with van der Waals surface area (Å²) < 4.78 is 7.73. The molecule has 0 bridgehead atoms. The molecule has 3 heterocycles. The van der Waals surface area contributed by atoms with Crippen LogP contribution in [0.3, 0.4) is 0 Å². The van der Waals surface area contributed by atoms with Crippen LogP contribution < -0.4 is 10.9 Å². The molecule has 142 valence electrons. The number of carbonyl (C=O) groups is 1. The second kappa shape index (κ2) is 7.59. The summed E-state index contributed by atoms with van der Waals surface area (Å²) in [6.45, 7) is 4.63. The molecule has 1 saturated heterocycles. The van der Waals surface area contributed by atoms with Gasteiger partial charge in [0.2, 0.25) is 0 Å². The molecular weight excluding hydrogens is 386 g/mol. The Morgan fingerprint density at radius 1 is 1.26 bits per heavy atom. The molecule has 0 aliphatic carbocycles. The number of fused-ring (bicyclic) bond motifs is 3. The standard InChI is InChI=1S/C19H20ClN3O3S/c1-22-15-10-12(20)2-3-13(15)17-14(19(22)25)11-16(27-17)18(24)21-4-5-23-6-8-26-9-7-23/h2-3,10-11H,4-9H2,1H3,(H,21,24). The molecule has 0 spiro atoms. The van der Waals surface area contributed by atoms with E-state index in [1.807, 2.05) is 6.07 Å². The van der Waals surface area contributed by atoms with Gasteiger partial charge in [0.15, 0.2) is 0 Å². The maximum atomic E-state index is 12.7. The summed E-state index contributed by atoms with van der Waals surface area (Å²) in [5.74, 6) is -0.145. The molecular formula is C19H20ClN3O3S. The number of carbonyl (C=O) groups excluding carboxylic acids is 1. The van der Waals surface area contributed by atoms with Gasteiger partial charge in [0.25, 0.3) is 11.5 Å². The Balaban J connectivity index is 1.59. The maximum Gasteiger partial charge on any atom is 0.261 e. The number of hydrogen-bond donors (Lipinski definition) is 1. The molecule has 1 aromatic carbocycles. The first-order valence-electron chi connectivity index (χ1n) is 8.84. The fourth-order valence-electron chi connectivity index (χ4n) is 3.37. The highest BCUT2D eigenvalue weighted by molar-refractivity contribution is 7.21. The predicted octanol–water partition coefficient (Wildman–Crippen LogP) is 2.47. The van der Waals surface area contributed by atoms with Crippen LogP contribution in [0.15, 0.2) is 29.1 Å². The molecule has 0 saturated carbocycles. The minimum Gasteiger partial charge on any atom is -0.379 e. The molecule has 4 rings (SSSR count). The van der Waals surface area contributed by atoms with Crippen molar-refractivity contribution >= 4 is 49.8 Å². The summed E-state index contributed by atoms with van der Waals surface area (Å²) in [5, 5.41) is 5.03. The van der Waals surface area contributed by atoms with E-state index in [4.69, 9.17) is 16.3 Å². The number of aromatic nitrogens is 1. The first-order chi connectivity index (χ1) is 13.0. The lowest BCUT2D eigenvalue weighted by molar-refractivity contribution is 0.0383. The minimum absolute atomic E-state index is 0.122. The van der Waals surface area contributed by atoms with Crippen LogP contribution in [-0.4, -0.2) is 54.8 Å². The van der Waals surface area contributed by atoms with Gasteiger partial charge in [0.05, 0.1) is 29.0 Å². The lowest BCUT2D eigenvalue weighted by Crippen LogP contribution is -2.41. The van der Waals surface area contributed by atoms with Crippen molar-refractivity contribution < 1.29 is 9.53 Å². The first-order valence-corrected chi connectivity index (χ1v) is 10.0. The number of nitrogens with one attached hydrogen (secondary N) is 1. The van der Waals surface area contributed by atoms with Crippen LogP contribution in [0.1, 0.15) is 9.67 Å². The van der Waals surface area contributed by atoms with Crippen molar-refractivity contribution in [2.24, 2.45) is 7.05 Å². The number of ether oxygens (including phenoxy) is 1. The highest BCUT2D eigenvalue weighted by atomic mass is 35.5. The highest BCUT2D eigenvalue weighted by Gasteiger charge is 2.17. The van der Waals surface area contributed by atoms with Crippen molar-refractivity contribution in [1.82, 2.24) is 14.8 Å². The van der Waals surface area contributed by atoms with Crippen molar-refractivity contribution in [2.45, 2.75) is 0 Å². The van der Waals surface area contributed by atoms with Crippen molar-refractivity contribution in [3.63, 3.8) is 0 Å². The third-order valence-corrected chi connectivity index (χ3v) is 6.28. The molecule has 1 N–H and O–H groups in total. The first kappa shape index (κ1) is 18.4. The number of hydrogen-bond acceptors (Lipinski definition) is 5. The lowest BCUT2D eigenvalue weighted by Gasteiger charge is -2.26. The Kier molecular flexibility index (Phi) is 5.19. The van der Waals surface area contributed by atoms with Gasteiger partial charge < -0.3 is 14.6 Å². The van der Waals surface area contributed by atoms with Gasteiger partial charge in [-0.15, -0.1) is 11.3 Å². The van der Waals surface area contributed by atoms with Crippen molar-refractivity contribution in [3.8, 4) is 0 Å². The Morgan fingerprint density at radius 3 is 2.81 bits per heavy atom. The van der Waals surface area contributed by atoms with Crippen LogP contribution in [0.4, 0.5) is 0 Å². The average Bonchev–Trinajstić information content (AvgIpc) is 3.12. The van der Waals surface area contributed by atoms with Crippen molar-refractivity contribution in [1.29, 1.82) is 0 Å². The number of benzene rings is 1. The monoisotopic (exact) mass is 405 g/mol. The van der Waals surface area contributed by atoms with Crippen LogP contribution in [0.2, 0.25) is 5.02 Å². The van der Waals surface area contributed by atoms with Gasteiger partial charge in [-0.3, -0.25) is 14.5 Å². The molecule has 1 amide bonds. The number of halogens is 1. The van der Waals surface area contributed by atoms with E-state index in [1.54, 1.807) is 29.8 Å². The molecule has 1 aliphatic rings. The molecule has 0 radical (unpaired) electrons. The number of thiophene rings is 1. The van der Waals surface area contributed by atoms with E-state index >= 15 is 0 Å². The van der Waals surface area contributed by atoms with Gasteiger partial charge in [-0.2, -0.15) is 0 Å². The largest absolute Gasteiger partial charge is 0.379 e. The van der Waals surface area contributed by atoms with E-state index < -0.39 is 0 Å². The summed E-state index contributed by atoms with van der Waals surface area (Å²) in [5.41, 5.74) is 0.643. The van der Waals surface area contributed by atoms with Crippen LogP contribution in [-0.2, 0) is 11.8 Å². The SMILES string of the molecule is Cn1c(=O)c2cc(C(=O)NCCN3CCOCC3)sc2c2ccc(Cl)cc21. The third-order valence-electron chi connectivity index (χ3n) is 4.87. The quantitative estimate of drug-likeness (QED) is 0.724. The van der Waals surface area contributed by atoms with Crippen LogP contribution >= 0.6 is 22.9 Å². The zero-order chi connectivity index (χ0) is 19.0. The van der Waals surface area contributed by atoms with E-state index in [0.717, 1.165) is 48.5 Å². The van der Waals surface area contributed by atoms with E-state index in [2.05, 4.69) is 10.2 Å². The number of morpholine rings is 1. The van der Waals surface area contributed by atoms with Crippen LogP contribution in [0, 0.1) is 0 Å². The number of rotatable bonds is 4. The zero-order valence-corrected chi connectivity index (χ0v) is 16.5. The molecule has 2 aromatic heterocycles. The summed E-state index contributed by atoms with van der Waals surface area (Å²) in [7, 11) is 1.72. The number of pyridine rings is 1. The Morgan fingerprint density at radius 2 is 2.04 bits per heavy atom. The summed E-state index contributed by atoms with van der Waals surface area (Å²) in [6.07, 6.45) is 0. The molecule has 0 unspecified atom stereocenters. The molecule has 8 heteroatoms. The summed E-state index contributed by atoms with van der Waals surface area (Å²) in [4.78, 5) is 28.1. The molecule has 0 atom stereocenters. The number of amides is 1. The third kappa shape index (κ3) is 3.60. The lowest BCUT2D eigenvalue weighted by atomic mass is 10.1. The average molecular weight is 406 g/mol. The fourth-order valence-corrected chi connectivity index (χ4v) is 4.63. The van der Waals surface area contributed by atoms with Crippen molar-refractivity contribution in [3.05, 3.63) is 44.5 Å². The Bertz CT molecular complexity index is 1070. The molecule has 3 aromatic rings. The smallest absolute Gasteiger partial charge is 0.261 e. The van der Waals surface area contributed by atoms with Gasteiger partial charge in [0.1, 0.15) is 0 Å². The van der Waals surface area contributed by atoms with E-state index in [0.29, 0.717) is 21.8 Å². The molecule has 1 aliphatic heterocycles. The number of aryl methyl sites for hydroxylation is 1. The van der Waals surface area contributed by atoms with E-state index in [9.17, 15) is 9.59 Å². The Labute approximate surface area is 165 Å². The van der Waals surface area contributed by atoms with Crippen LogP contribution in [0.5, 0.6) is 0 Å². The summed E-state index contributed by atoms with van der Waals surface area (Å²) >= 11 is 7.43. The normalized spacial score (nSPS) is 15.5. The van der Waals surface area contributed by atoms with Gasteiger partial charge in [0, 0.05) is 48.3 Å². The van der Waals surface area contributed by atoms with E-state index in [1.165, 1.54) is 11.3 Å². The van der Waals surface area contributed by atoms with Gasteiger partial charge in [-0.1, -0.05) is 11.6 Å². The highest BCUT2D eigenvalue weighted by Crippen LogP contribution is 2.31. The molecule has 1 fully saturated rings. The topological polar surface area (TPSA) is 63.6 Å². The summed E-state index contributed by atoms with van der Waals surface area (Å²) in [6, 6.07) is 7.17. The Hall–Kier alpha value is -1.93. The van der Waals surface area contributed by atoms with Gasteiger partial charge >= 0.3 is 0 Å². The fraction of sp³-hybridized carbons (Fsp3) is 0.368. The van der Waals surface area contributed by atoms with E-state index in [-0.39, 0.29) is 11.5 Å². The molecule has 6 nitrogen and oxygen atoms in total. The second-order valence-corrected chi connectivity index (χ2v) is 8.08. The van der Waals surface area contributed by atoms with Crippen molar-refractivity contribution in [2.75, 3.05) is 39.4 Å². The second-order valence-electron chi connectivity index (χ2n) is 6.59. The predicted molar refractivity (Wildman–Crippen MR) is 109 cm³/mol. The maximum absolute atomic E-state index is 12.7. The number of nitrogens with zero attached hydrogens (tertiary/aromatic N) is 2. The van der Waals surface area contributed by atoms with Crippen LogP contribution in [0.25, 0.3) is 21.0 Å². The van der Waals surface area contributed by atoms with Gasteiger partial charge in [-0.25, -0.2) is 0 Å². The van der Waals surface area contributed by atoms with Gasteiger partial charge in [-0.05, 0) is 24.3 Å². The molecule has 27 heavy (non-hydrogen) atoms. The zero-order valence-electron chi connectivity index (χ0n) is 15.0. The minimum atomic E-state index is -0.145.